The molecule has 0 aliphatic rings. The summed E-state index contributed by atoms with van der Waals surface area (Å²) < 4.78 is 17.3. The molecule has 0 spiro atoms. The topological polar surface area (TPSA) is 61.8 Å². The monoisotopic (exact) mass is 789 g/mol. The minimum absolute atomic E-state index is 0.0868. The highest BCUT2D eigenvalue weighted by molar-refractivity contribution is 5.70. The van der Waals surface area contributed by atoms with E-state index in [-0.39, 0.29) is 25.2 Å². The fourth-order valence-electron chi connectivity index (χ4n) is 7.25. The molecule has 0 rings (SSSR count). The van der Waals surface area contributed by atoms with Gasteiger partial charge in [-0.15, -0.1) is 0 Å². The van der Waals surface area contributed by atoms with Crippen molar-refractivity contribution in [3.8, 4) is 0 Å². The molecule has 0 N–H and O–H groups in total. The van der Waals surface area contributed by atoms with E-state index in [1.165, 1.54) is 180 Å². The molecule has 0 saturated heterocycles. The van der Waals surface area contributed by atoms with Crippen molar-refractivity contribution in [1.29, 1.82) is 0 Å². The lowest BCUT2D eigenvalue weighted by Gasteiger charge is -2.18. The third-order valence-corrected chi connectivity index (χ3v) is 11.0. The lowest BCUT2D eigenvalue weighted by molar-refractivity contribution is -0.163. The second-order valence-electron chi connectivity index (χ2n) is 16.7. The Morgan fingerprint density at radius 3 is 1.25 bits per heavy atom. The Balaban J connectivity index is 4.17. The molecule has 0 saturated carbocycles. The number of hydrogen-bond acceptors (Lipinski definition) is 5. The summed E-state index contributed by atoms with van der Waals surface area (Å²) in [7, 11) is 0. The zero-order valence-electron chi connectivity index (χ0n) is 37.9. The van der Waals surface area contributed by atoms with Gasteiger partial charge in [0.25, 0.3) is 0 Å². The molecule has 0 bridgehead atoms. The van der Waals surface area contributed by atoms with Gasteiger partial charge in [0.05, 0.1) is 6.61 Å². The molecule has 0 radical (unpaired) electrons. The number of hydrogen-bond donors (Lipinski definition) is 0. The van der Waals surface area contributed by atoms with Gasteiger partial charge in [-0.3, -0.25) is 9.59 Å². The van der Waals surface area contributed by atoms with E-state index >= 15 is 0 Å². The maximum absolute atomic E-state index is 12.7. The highest BCUT2D eigenvalue weighted by Gasteiger charge is 2.17. The molecule has 0 aliphatic heterocycles. The van der Waals surface area contributed by atoms with Crippen LogP contribution in [0.1, 0.15) is 265 Å². The molecule has 56 heavy (non-hydrogen) atoms. The highest BCUT2D eigenvalue weighted by atomic mass is 16.6. The normalized spacial score (nSPS) is 12.3. The van der Waals surface area contributed by atoms with Crippen LogP contribution < -0.4 is 0 Å². The van der Waals surface area contributed by atoms with Crippen molar-refractivity contribution in [2.45, 2.75) is 271 Å². The average molecular weight is 789 g/mol. The zero-order valence-corrected chi connectivity index (χ0v) is 37.9. The number of unbranched alkanes of at least 4 members (excludes halogenated alkanes) is 31. The van der Waals surface area contributed by atoms with E-state index < -0.39 is 6.10 Å². The zero-order chi connectivity index (χ0) is 40.7. The molecule has 330 valence electrons. The number of ether oxygens (including phenoxy) is 3. The lowest BCUT2D eigenvalue weighted by Crippen LogP contribution is -2.30. The first-order valence-electron chi connectivity index (χ1n) is 24.9. The SMILES string of the molecule is CCC/C=C\C/C=C\CCCCCCCC(=O)OC(COCCCCCCCCCCCC)COC(=O)CCCCCCCCCCCCCCCCCCC. The van der Waals surface area contributed by atoms with E-state index in [1.807, 2.05) is 0 Å². The summed E-state index contributed by atoms with van der Waals surface area (Å²) in [5.41, 5.74) is 0. The predicted molar refractivity (Wildman–Crippen MR) is 242 cm³/mol. The predicted octanol–water partition coefficient (Wildman–Crippen LogP) is 16.5. The van der Waals surface area contributed by atoms with Crippen LogP contribution >= 0.6 is 0 Å². The van der Waals surface area contributed by atoms with E-state index in [0.29, 0.717) is 19.4 Å². The van der Waals surface area contributed by atoms with Crippen molar-refractivity contribution in [3.05, 3.63) is 24.3 Å². The number of carbonyl (C=O) groups excluding carboxylic acids is 2. The Hall–Kier alpha value is -1.62. The van der Waals surface area contributed by atoms with Crippen LogP contribution in [0.15, 0.2) is 24.3 Å². The Labute approximate surface area is 349 Å². The van der Waals surface area contributed by atoms with Gasteiger partial charge in [-0.05, 0) is 44.9 Å². The number of carbonyl (C=O) groups is 2. The van der Waals surface area contributed by atoms with E-state index in [1.54, 1.807) is 0 Å². The Kier molecular flexibility index (Phi) is 46.4. The molecule has 5 nitrogen and oxygen atoms in total. The first-order valence-corrected chi connectivity index (χ1v) is 24.9. The van der Waals surface area contributed by atoms with Gasteiger partial charge >= 0.3 is 11.9 Å². The molecular weight excluding hydrogens is 693 g/mol. The van der Waals surface area contributed by atoms with Crippen LogP contribution in [0.4, 0.5) is 0 Å². The largest absolute Gasteiger partial charge is 0.462 e. The van der Waals surface area contributed by atoms with Gasteiger partial charge in [0.1, 0.15) is 6.61 Å². The first-order chi connectivity index (χ1) is 27.6. The van der Waals surface area contributed by atoms with Crippen LogP contribution in [0.5, 0.6) is 0 Å². The van der Waals surface area contributed by atoms with Crippen LogP contribution in [0.25, 0.3) is 0 Å². The van der Waals surface area contributed by atoms with Crippen molar-refractivity contribution in [3.63, 3.8) is 0 Å². The molecule has 0 aromatic rings. The standard InChI is InChI=1S/C51H96O5/c1-4-7-10-13-16-19-22-24-25-26-27-29-30-32-35-38-41-44-50(52)55-48-49(47-54-46-43-40-37-34-21-18-15-12-9-6-3)56-51(53)45-42-39-36-33-31-28-23-20-17-14-11-8-5-2/h11,14,20,23,49H,4-10,12-13,15-19,21-22,24-48H2,1-3H3/b14-11-,23-20-. The minimum atomic E-state index is -0.534. The van der Waals surface area contributed by atoms with Gasteiger partial charge in [-0.25, -0.2) is 0 Å². The second-order valence-corrected chi connectivity index (χ2v) is 16.7. The Bertz CT molecular complexity index is 851. The number of allylic oxidation sites excluding steroid dienone is 4. The van der Waals surface area contributed by atoms with Crippen molar-refractivity contribution < 1.29 is 23.8 Å². The van der Waals surface area contributed by atoms with Gasteiger partial charge in [0.15, 0.2) is 6.10 Å². The van der Waals surface area contributed by atoms with Crippen molar-refractivity contribution in [2.75, 3.05) is 19.8 Å². The van der Waals surface area contributed by atoms with Crippen molar-refractivity contribution in [1.82, 2.24) is 0 Å². The minimum Gasteiger partial charge on any atom is -0.462 e. The van der Waals surface area contributed by atoms with Gasteiger partial charge in [0, 0.05) is 19.4 Å². The van der Waals surface area contributed by atoms with E-state index in [2.05, 4.69) is 45.1 Å². The summed E-state index contributed by atoms with van der Waals surface area (Å²) in [6, 6.07) is 0. The molecular formula is C51H96O5. The molecule has 1 unspecified atom stereocenters. The van der Waals surface area contributed by atoms with Crippen LogP contribution in [0.2, 0.25) is 0 Å². The fourth-order valence-corrected chi connectivity index (χ4v) is 7.25. The summed E-state index contributed by atoms with van der Waals surface area (Å²) >= 11 is 0. The number of rotatable bonds is 46. The Morgan fingerprint density at radius 2 is 0.786 bits per heavy atom. The average Bonchev–Trinajstić information content (AvgIpc) is 3.20. The molecule has 0 fully saturated rings. The van der Waals surface area contributed by atoms with E-state index in [9.17, 15) is 9.59 Å². The molecule has 5 heteroatoms. The van der Waals surface area contributed by atoms with E-state index in [4.69, 9.17) is 14.2 Å². The highest BCUT2D eigenvalue weighted by Crippen LogP contribution is 2.16. The second kappa shape index (κ2) is 47.8. The fraction of sp³-hybridized carbons (Fsp3) is 0.882. The summed E-state index contributed by atoms with van der Waals surface area (Å²) in [6.07, 6.45) is 54.6. The maximum atomic E-state index is 12.7. The van der Waals surface area contributed by atoms with Crippen LogP contribution in [-0.2, 0) is 23.8 Å². The van der Waals surface area contributed by atoms with Gasteiger partial charge in [0.2, 0.25) is 0 Å². The molecule has 0 amide bonds. The molecule has 0 aliphatic carbocycles. The third kappa shape index (κ3) is 45.1. The number of esters is 2. The summed E-state index contributed by atoms with van der Waals surface area (Å²) in [6.45, 7) is 7.79. The summed E-state index contributed by atoms with van der Waals surface area (Å²) in [4.78, 5) is 25.3. The maximum Gasteiger partial charge on any atom is 0.306 e. The van der Waals surface area contributed by atoms with Gasteiger partial charge < -0.3 is 14.2 Å². The van der Waals surface area contributed by atoms with Crippen LogP contribution in [0.3, 0.4) is 0 Å². The van der Waals surface area contributed by atoms with Crippen LogP contribution in [-0.4, -0.2) is 37.9 Å². The van der Waals surface area contributed by atoms with Gasteiger partial charge in [-0.2, -0.15) is 0 Å². The molecule has 0 aromatic carbocycles. The molecule has 0 heterocycles. The molecule has 1 atom stereocenters. The summed E-state index contributed by atoms with van der Waals surface area (Å²) in [5, 5.41) is 0. The smallest absolute Gasteiger partial charge is 0.306 e. The van der Waals surface area contributed by atoms with Crippen molar-refractivity contribution in [2.24, 2.45) is 0 Å². The molecule has 0 aromatic heterocycles. The third-order valence-electron chi connectivity index (χ3n) is 11.0. The lowest BCUT2D eigenvalue weighted by atomic mass is 10.0. The summed E-state index contributed by atoms with van der Waals surface area (Å²) in [5.74, 6) is -0.398. The first kappa shape index (κ1) is 54.4. The van der Waals surface area contributed by atoms with Crippen LogP contribution in [0, 0.1) is 0 Å². The van der Waals surface area contributed by atoms with Gasteiger partial charge in [-0.1, -0.05) is 231 Å². The van der Waals surface area contributed by atoms with E-state index in [0.717, 1.165) is 51.4 Å². The van der Waals surface area contributed by atoms with Crippen molar-refractivity contribution >= 4 is 11.9 Å². The Morgan fingerprint density at radius 1 is 0.393 bits per heavy atom. The quantitative estimate of drug-likeness (QED) is 0.0349.